The normalized spacial score (nSPS) is 25.0. The van der Waals surface area contributed by atoms with Gasteiger partial charge in [0.15, 0.2) is 0 Å². The smallest absolute Gasteiger partial charge is 0.269 e. The van der Waals surface area contributed by atoms with Crippen LogP contribution in [0.5, 0.6) is 5.75 Å². The largest absolute Gasteiger partial charge is 0.492 e. The summed E-state index contributed by atoms with van der Waals surface area (Å²) < 4.78 is 7.76. The number of ether oxygens (including phenoxy) is 1. The third-order valence-corrected chi connectivity index (χ3v) is 8.27. The minimum atomic E-state index is -0.713. The maximum atomic E-state index is 12.8. The molecule has 36 heavy (non-hydrogen) atoms. The molecule has 2 N–H and O–H groups in total. The van der Waals surface area contributed by atoms with Crippen LogP contribution in [-0.4, -0.2) is 57.3 Å². The average Bonchev–Trinajstić information content (AvgIpc) is 3.09. The molecule has 1 aromatic heterocycles. The lowest BCUT2D eigenvalue weighted by atomic mass is 9.73. The van der Waals surface area contributed by atoms with Gasteiger partial charge in [0.2, 0.25) is 5.91 Å². The molecule has 1 amide bonds. The van der Waals surface area contributed by atoms with Crippen LogP contribution in [-0.2, 0) is 10.2 Å². The van der Waals surface area contributed by atoms with Crippen molar-refractivity contribution in [2.75, 3.05) is 31.6 Å². The minimum Gasteiger partial charge on any atom is -0.492 e. The zero-order valence-corrected chi connectivity index (χ0v) is 20.9. The van der Waals surface area contributed by atoms with Gasteiger partial charge in [-0.25, -0.2) is 4.98 Å². The Balaban J connectivity index is 1.08. The molecular formula is C27H29ClN4O4. The van der Waals surface area contributed by atoms with Gasteiger partial charge in [0.1, 0.15) is 12.4 Å². The number of hydrogen-bond donors (Lipinski definition) is 2. The molecule has 1 aliphatic carbocycles. The molecule has 3 aliphatic rings. The maximum absolute atomic E-state index is 12.8. The molecular weight excluding hydrogens is 480 g/mol. The van der Waals surface area contributed by atoms with Crippen molar-refractivity contribution in [2.45, 2.75) is 49.7 Å². The first kappa shape index (κ1) is 23.5. The van der Waals surface area contributed by atoms with Crippen LogP contribution in [0.4, 0.5) is 5.69 Å². The van der Waals surface area contributed by atoms with Crippen molar-refractivity contribution in [2.24, 2.45) is 0 Å². The summed E-state index contributed by atoms with van der Waals surface area (Å²) in [6, 6.07) is 11.2. The van der Waals surface area contributed by atoms with E-state index in [9.17, 15) is 14.7 Å². The van der Waals surface area contributed by atoms with Gasteiger partial charge in [-0.2, -0.15) is 0 Å². The summed E-state index contributed by atoms with van der Waals surface area (Å²) in [5.41, 5.74) is 1.98. The number of aromatic nitrogens is 2. The molecule has 3 aromatic rings. The second-order valence-corrected chi connectivity index (χ2v) is 11.0. The summed E-state index contributed by atoms with van der Waals surface area (Å²) >= 11 is 6.22. The van der Waals surface area contributed by atoms with Gasteiger partial charge in [-0.1, -0.05) is 11.6 Å². The number of fused-ring (bicyclic) bond motifs is 3. The molecule has 2 fully saturated rings. The lowest BCUT2D eigenvalue weighted by Crippen LogP contribution is -2.47. The highest BCUT2D eigenvalue weighted by Gasteiger charge is 2.48. The highest BCUT2D eigenvalue weighted by Crippen LogP contribution is 2.46. The number of likely N-dealkylation sites (tertiary alicyclic amines) is 1. The van der Waals surface area contributed by atoms with E-state index in [1.54, 1.807) is 11.5 Å². The summed E-state index contributed by atoms with van der Waals surface area (Å²) in [5.74, 6) is 0.774. The van der Waals surface area contributed by atoms with Crippen LogP contribution in [0.15, 0.2) is 47.4 Å². The van der Waals surface area contributed by atoms with Crippen molar-refractivity contribution in [1.82, 2.24) is 14.5 Å². The standard InChI is InChI=1S/C27H29ClN4O4/c1-26(35)14-18(15-26)32-23-5-3-19(13-22(23)29-16-24(32)33)36-11-10-31-8-6-27(7-9-31)20-12-17(28)2-4-21(20)30-25(27)34/h2-5,12-13,16,18,35H,6-11,14-15H2,1H3,(H,30,34). The Morgan fingerprint density at radius 3 is 2.69 bits per heavy atom. The molecule has 9 heteroatoms. The van der Waals surface area contributed by atoms with Gasteiger partial charge < -0.3 is 19.7 Å². The summed E-state index contributed by atoms with van der Waals surface area (Å²) in [5, 5.41) is 13.8. The van der Waals surface area contributed by atoms with Crippen LogP contribution in [0.2, 0.25) is 5.02 Å². The van der Waals surface area contributed by atoms with Crippen molar-refractivity contribution >= 4 is 34.2 Å². The SMILES string of the molecule is CC1(O)CC(n2c(=O)cnc3cc(OCCN4CCC5(CC4)C(=O)Nc4ccc(Cl)cc45)ccc32)C1. The van der Waals surface area contributed by atoms with Gasteiger partial charge in [0.05, 0.1) is 28.2 Å². The number of anilines is 1. The number of piperidine rings is 1. The fraction of sp³-hybridized carbons (Fsp3) is 0.444. The molecule has 0 atom stereocenters. The molecule has 2 aromatic carbocycles. The maximum Gasteiger partial charge on any atom is 0.269 e. The van der Waals surface area contributed by atoms with E-state index in [0.29, 0.717) is 35.7 Å². The number of rotatable bonds is 5. The Morgan fingerprint density at radius 1 is 1.17 bits per heavy atom. The number of carbonyl (C=O) groups is 1. The van der Waals surface area contributed by atoms with Crippen LogP contribution in [0.25, 0.3) is 11.0 Å². The molecule has 1 spiro atoms. The number of aliphatic hydroxyl groups is 1. The molecule has 1 saturated heterocycles. The van der Waals surface area contributed by atoms with Crippen molar-refractivity contribution in [3.05, 3.63) is 63.5 Å². The van der Waals surface area contributed by atoms with E-state index in [4.69, 9.17) is 16.3 Å². The number of hydrogen-bond acceptors (Lipinski definition) is 6. The van der Waals surface area contributed by atoms with Crippen LogP contribution >= 0.6 is 11.6 Å². The van der Waals surface area contributed by atoms with Gasteiger partial charge in [0.25, 0.3) is 5.56 Å². The Labute approximate surface area is 213 Å². The average molecular weight is 509 g/mol. The Morgan fingerprint density at radius 2 is 1.94 bits per heavy atom. The number of halogens is 1. The second kappa shape index (κ2) is 8.57. The van der Waals surface area contributed by atoms with Gasteiger partial charge in [-0.05, 0) is 81.6 Å². The second-order valence-electron chi connectivity index (χ2n) is 10.6. The van der Waals surface area contributed by atoms with Gasteiger partial charge in [0, 0.05) is 29.4 Å². The lowest BCUT2D eigenvalue weighted by molar-refractivity contribution is -0.122. The quantitative estimate of drug-likeness (QED) is 0.547. The number of carbonyl (C=O) groups excluding carboxylic acids is 1. The van der Waals surface area contributed by atoms with Crippen molar-refractivity contribution < 1.29 is 14.6 Å². The van der Waals surface area contributed by atoms with E-state index in [1.165, 1.54) is 6.20 Å². The van der Waals surface area contributed by atoms with E-state index < -0.39 is 11.0 Å². The van der Waals surface area contributed by atoms with E-state index in [0.717, 1.165) is 49.2 Å². The summed E-state index contributed by atoms with van der Waals surface area (Å²) in [6.07, 6.45) is 3.95. The van der Waals surface area contributed by atoms with Crippen LogP contribution in [0.1, 0.15) is 44.2 Å². The van der Waals surface area contributed by atoms with Crippen LogP contribution < -0.4 is 15.6 Å². The first-order valence-corrected chi connectivity index (χ1v) is 12.8. The molecule has 8 nitrogen and oxygen atoms in total. The molecule has 2 aliphatic heterocycles. The number of amides is 1. The predicted octanol–water partition coefficient (Wildman–Crippen LogP) is 3.50. The molecule has 3 heterocycles. The first-order valence-electron chi connectivity index (χ1n) is 12.4. The van der Waals surface area contributed by atoms with Crippen molar-refractivity contribution in [1.29, 1.82) is 0 Å². The fourth-order valence-electron chi connectivity index (χ4n) is 6.05. The minimum absolute atomic E-state index is 0.0166. The lowest BCUT2D eigenvalue weighted by Gasteiger charge is -2.42. The molecule has 6 rings (SSSR count). The highest BCUT2D eigenvalue weighted by atomic mass is 35.5. The summed E-state index contributed by atoms with van der Waals surface area (Å²) in [4.78, 5) is 31.9. The zero-order valence-electron chi connectivity index (χ0n) is 20.2. The van der Waals surface area contributed by atoms with E-state index in [1.807, 2.05) is 36.4 Å². The monoisotopic (exact) mass is 508 g/mol. The number of benzene rings is 2. The molecule has 1 saturated carbocycles. The Hall–Kier alpha value is -2.94. The number of nitrogens with one attached hydrogen (secondary N) is 1. The van der Waals surface area contributed by atoms with E-state index in [-0.39, 0.29) is 17.5 Å². The van der Waals surface area contributed by atoms with Crippen LogP contribution in [0, 0.1) is 0 Å². The van der Waals surface area contributed by atoms with E-state index >= 15 is 0 Å². The molecule has 188 valence electrons. The van der Waals surface area contributed by atoms with Gasteiger partial charge >= 0.3 is 0 Å². The predicted molar refractivity (Wildman–Crippen MR) is 138 cm³/mol. The molecule has 0 bridgehead atoms. The highest BCUT2D eigenvalue weighted by molar-refractivity contribution is 6.31. The summed E-state index contributed by atoms with van der Waals surface area (Å²) in [7, 11) is 0. The van der Waals surface area contributed by atoms with Crippen LogP contribution in [0.3, 0.4) is 0 Å². The Bertz CT molecular complexity index is 1400. The summed E-state index contributed by atoms with van der Waals surface area (Å²) in [6.45, 7) is 4.67. The van der Waals surface area contributed by atoms with Gasteiger partial charge in [-0.15, -0.1) is 0 Å². The van der Waals surface area contributed by atoms with E-state index in [2.05, 4.69) is 15.2 Å². The fourth-order valence-corrected chi connectivity index (χ4v) is 6.23. The number of nitrogens with zero attached hydrogens (tertiary/aromatic N) is 3. The third-order valence-electron chi connectivity index (χ3n) is 8.04. The molecule has 0 unspecified atom stereocenters. The van der Waals surface area contributed by atoms with Crippen molar-refractivity contribution in [3.8, 4) is 5.75 Å². The van der Waals surface area contributed by atoms with Gasteiger partial charge in [-0.3, -0.25) is 14.5 Å². The molecule has 0 radical (unpaired) electrons. The third kappa shape index (κ3) is 3.97. The zero-order chi connectivity index (χ0) is 25.1. The Kier molecular flexibility index (Phi) is 5.59. The van der Waals surface area contributed by atoms with Crippen molar-refractivity contribution in [3.63, 3.8) is 0 Å². The first-order chi connectivity index (χ1) is 17.2. The topological polar surface area (TPSA) is 96.7 Å².